The number of hydrogen-bond donors (Lipinski definition) is 1. The van der Waals surface area contributed by atoms with Gasteiger partial charge in [0.25, 0.3) is 5.91 Å². The Hall–Kier alpha value is -2.89. The van der Waals surface area contributed by atoms with Gasteiger partial charge in [-0.15, -0.1) is 0 Å². The van der Waals surface area contributed by atoms with E-state index < -0.39 is 0 Å². The lowest BCUT2D eigenvalue weighted by Gasteiger charge is -2.37. The molecule has 0 radical (unpaired) electrons. The molecule has 144 valence electrons. The van der Waals surface area contributed by atoms with E-state index in [1.54, 1.807) is 12.1 Å². The van der Waals surface area contributed by atoms with Crippen LogP contribution in [0.4, 0.5) is 0 Å². The van der Waals surface area contributed by atoms with Gasteiger partial charge in [-0.05, 0) is 32.0 Å². The second kappa shape index (κ2) is 7.39. The molecule has 0 fully saturated rings. The van der Waals surface area contributed by atoms with Gasteiger partial charge in [0.2, 0.25) is 5.75 Å². The Labute approximate surface area is 159 Å². The van der Waals surface area contributed by atoms with E-state index in [0.717, 1.165) is 11.3 Å². The van der Waals surface area contributed by atoms with Crippen LogP contribution in [0.5, 0.6) is 23.0 Å². The van der Waals surface area contributed by atoms with Gasteiger partial charge in [-0.25, -0.2) is 0 Å². The Morgan fingerprint density at radius 1 is 1.07 bits per heavy atom. The maximum absolute atomic E-state index is 13.0. The van der Waals surface area contributed by atoms with Crippen LogP contribution in [0.25, 0.3) is 0 Å². The lowest BCUT2D eigenvalue weighted by atomic mass is 9.89. The Kier molecular flexibility index (Phi) is 5.17. The zero-order chi connectivity index (χ0) is 19.6. The van der Waals surface area contributed by atoms with Gasteiger partial charge < -0.3 is 24.3 Å². The third-order valence-electron chi connectivity index (χ3n) is 4.61. The van der Waals surface area contributed by atoms with Crippen LogP contribution in [0.15, 0.2) is 36.4 Å². The first-order valence-electron chi connectivity index (χ1n) is 8.77. The highest BCUT2D eigenvalue weighted by Gasteiger charge is 2.34. The molecule has 1 aliphatic heterocycles. The zero-order valence-electron chi connectivity index (χ0n) is 16.3. The van der Waals surface area contributed by atoms with E-state index in [0.29, 0.717) is 29.2 Å². The summed E-state index contributed by atoms with van der Waals surface area (Å²) in [6.07, 6.45) is 0.667. The fourth-order valence-corrected chi connectivity index (χ4v) is 3.38. The first kappa shape index (κ1) is 18.9. The van der Waals surface area contributed by atoms with Crippen molar-refractivity contribution in [1.82, 2.24) is 5.32 Å². The molecule has 1 heterocycles. The quantitative estimate of drug-likeness (QED) is 0.867. The fraction of sp³-hybridized carbons (Fsp3) is 0.381. The number of carbonyl (C=O) groups excluding carboxylic acids is 1. The third kappa shape index (κ3) is 3.79. The van der Waals surface area contributed by atoms with Gasteiger partial charge in [0.05, 0.1) is 27.4 Å². The maximum Gasteiger partial charge on any atom is 0.252 e. The van der Waals surface area contributed by atoms with Crippen LogP contribution in [-0.4, -0.2) is 32.8 Å². The lowest BCUT2D eigenvalue weighted by Crippen LogP contribution is -2.41. The smallest absolute Gasteiger partial charge is 0.252 e. The summed E-state index contributed by atoms with van der Waals surface area (Å²) in [5.41, 5.74) is 1.03. The number of carbonyl (C=O) groups is 1. The van der Waals surface area contributed by atoms with Crippen molar-refractivity contribution >= 4 is 5.91 Å². The molecule has 2 aromatic rings. The normalized spacial score (nSPS) is 17.3. The molecular weight excluding hydrogens is 346 g/mol. The van der Waals surface area contributed by atoms with Crippen LogP contribution in [0.2, 0.25) is 0 Å². The maximum atomic E-state index is 13.0. The summed E-state index contributed by atoms with van der Waals surface area (Å²) in [7, 11) is 4.58. The van der Waals surface area contributed by atoms with Crippen LogP contribution in [-0.2, 0) is 0 Å². The van der Waals surface area contributed by atoms with Crippen molar-refractivity contribution in [2.45, 2.75) is 31.9 Å². The van der Waals surface area contributed by atoms with Gasteiger partial charge >= 0.3 is 0 Å². The SMILES string of the molecule is COc1cc(C(=O)N[C@@H]2CC(C)(C)Oc3ccccc32)cc(OC)c1OC. The molecule has 0 bridgehead atoms. The van der Waals surface area contributed by atoms with E-state index in [1.165, 1.54) is 21.3 Å². The van der Waals surface area contributed by atoms with Crippen LogP contribution in [0.1, 0.15) is 42.2 Å². The Balaban J connectivity index is 1.92. The largest absolute Gasteiger partial charge is 0.493 e. The highest BCUT2D eigenvalue weighted by molar-refractivity contribution is 5.96. The summed E-state index contributed by atoms with van der Waals surface area (Å²) in [6.45, 7) is 4.03. The number of hydrogen-bond acceptors (Lipinski definition) is 5. The average molecular weight is 371 g/mol. The molecule has 6 nitrogen and oxygen atoms in total. The predicted octanol–water partition coefficient (Wildman–Crippen LogP) is 3.74. The van der Waals surface area contributed by atoms with E-state index in [2.05, 4.69) is 5.32 Å². The number of benzene rings is 2. The molecule has 0 spiro atoms. The van der Waals surface area contributed by atoms with Gasteiger partial charge in [-0.1, -0.05) is 18.2 Å². The van der Waals surface area contributed by atoms with E-state index in [9.17, 15) is 4.79 Å². The molecule has 6 heteroatoms. The minimum absolute atomic E-state index is 0.156. The predicted molar refractivity (Wildman–Crippen MR) is 102 cm³/mol. The van der Waals surface area contributed by atoms with Crippen molar-refractivity contribution in [3.63, 3.8) is 0 Å². The van der Waals surface area contributed by atoms with E-state index >= 15 is 0 Å². The molecule has 27 heavy (non-hydrogen) atoms. The van der Waals surface area contributed by atoms with Gasteiger partial charge in [0.1, 0.15) is 11.4 Å². The molecule has 0 saturated heterocycles. The summed E-state index contributed by atoms with van der Waals surface area (Å²) in [6, 6.07) is 10.9. The van der Waals surface area contributed by atoms with Crippen molar-refractivity contribution in [1.29, 1.82) is 0 Å². The fourth-order valence-electron chi connectivity index (χ4n) is 3.38. The van der Waals surface area contributed by atoms with Gasteiger partial charge in [0, 0.05) is 17.5 Å². The zero-order valence-corrected chi connectivity index (χ0v) is 16.3. The number of ether oxygens (including phenoxy) is 4. The summed E-state index contributed by atoms with van der Waals surface area (Å²) in [5, 5.41) is 3.12. The van der Waals surface area contributed by atoms with Crippen LogP contribution in [0, 0.1) is 0 Å². The van der Waals surface area contributed by atoms with Crippen molar-refractivity contribution in [2.24, 2.45) is 0 Å². The summed E-state index contributed by atoms with van der Waals surface area (Å²) < 4.78 is 22.0. The highest BCUT2D eigenvalue weighted by atomic mass is 16.5. The summed E-state index contributed by atoms with van der Waals surface area (Å²) in [4.78, 5) is 13.0. The highest BCUT2D eigenvalue weighted by Crippen LogP contribution is 2.41. The number of rotatable bonds is 5. The Morgan fingerprint density at radius 3 is 2.30 bits per heavy atom. The number of amides is 1. The standard InChI is InChI=1S/C21H25NO5/c1-21(2)12-15(14-8-6-7-9-16(14)27-21)22-20(23)13-10-17(24-3)19(26-5)18(11-13)25-4/h6-11,15H,12H2,1-5H3,(H,22,23)/t15-/m1/s1. The number of para-hydroxylation sites is 1. The average Bonchev–Trinajstić information content (AvgIpc) is 2.65. The molecule has 0 aromatic heterocycles. The van der Waals surface area contributed by atoms with Crippen LogP contribution < -0.4 is 24.3 Å². The molecular formula is C21H25NO5. The second-order valence-electron chi connectivity index (χ2n) is 7.04. The van der Waals surface area contributed by atoms with Crippen molar-refractivity contribution in [2.75, 3.05) is 21.3 Å². The minimum Gasteiger partial charge on any atom is -0.493 e. The summed E-state index contributed by atoms with van der Waals surface area (Å²) >= 11 is 0. The number of fused-ring (bicyclic) bond motifs is 1. The monoisotopic (exact) mass is 371 g/mol. The first-order valence-corrected chi connectivity index (χ1v) is 8.77. The number of nitrogens with one attached hydrogen (secondary N) is 1. The first-order chi connectivity index (χ1) is 12.9. The number of methoxy groups -OCH3 is 3. The van der Waals surface area contributed by atoms with E-state index in [4.69, 9.17) is 18.9 Å². The topological polar surface area (TPSA) is 66.0 Å². The Bertz CT molecular complexity index is 821. The van der Waals surface area contributed by atoms with E-state index in [1.807, 2.05) is 38.1 Å². The van der Waals surface area contributed by atoms with Crippen LogP contribution >= 0.6 is 0 Å². The van der Waals surface area contributed by atoms with Crippen LogP contribution in [0.3, 0.4) is 0 Å². The molecule has 3 rings (SSSR count). The molecule has 1 amide bonds. The molecule has 0 unspecified atom stereocenters. The van der Waals surface area contributed by atoms with Crippen molar-refractivity contribution in [3.8, 4) is 23.0 Å². The van der Waals surface area contributed by atoms with Gasteiger partial charge in [0.15, 0.2) is 11.5 Å². The second-order valence-corrected chi connectivity index (χ2v) is 7.04. The summed E-state index contributed by atoms with van der Waals surface area (Å²) in [5.74, 6) is 1.91. The molecule has 0 saturated carbocycles. The molecule has 0 aliphatic carbocycles. The van der Waals surface area contributed by atoms with Crippen molar-refractivity contribution in [3.05, 3.63) is 47.5 Å². The molecule has 1 N–H and O–H groups in total. The lowest BCUT2D eigenvalue weighted by molar-refractivity contribution is 0.0619. The van der Waals surface area contributed by atoms with Gasteiger partial charge in [-0.2, -0.15) is 0 Å². The minimum atomic E-state index is -0.373. The molecule has 1 aliphatic rings. The Morgan fingerprint density at radius 2 is 1.70 bits per heavy atom. The van der Waals surface area contributed by atoms with Gasteiger partial charge in [-0.3, -0.25) is 4.79 Å². The molecule has 1 atom stereocenters. The third-order valence-corrected chi connectivity index (χ3v) is 4.61. The van der Waals surface area contributed by atoms with Crippen molar-refractivity contribution < 1.29 is 23.7 Å². The van der Waals surface area contributed by atoms with E-state index in [-0.39, 0.29) is 17.6 Å². The molecule has 2 aromatic carbocycles.